The van der Waals surface area contributed by atoms with Crippen molar-refractivity contribution in [2.24, 2.45) is 23.7 Å². The Bertz CT molecular complexity index is 846. The van der Waals surface area contributed by atoms with Crippen molar-refractivity contribution in [1.82, 2.24) is 4.90 Å². The van der Waals surface area contributed by atoms with E-state index in [1.54, 1.807) is 0 Å². The van der Waals surface area contributed by atoms with Crippen molar-refractivity contribution < 1.29 is 14.6 Å². The molecule has 2 unspecified atom stereocenters. The van der Waals surface area contributed by atoms with Crippen molar-refractivity contribution in [3.05, 3.63) is 42.0 Å². The maximum Gasteiger partial charge on any atom is 0.309 e. The van der Waals surface area contributed by atoms with Crippen molar-refractivity contribution >= 4 is 16.7 Å². The number of hydrogen-bond donors (Lipinski definition) is 1. The Morgan fingerprint density at radius 2 is 1.81 bits per heavy atom. The zero-order valence-electron chi connectivity index (χ0n) is 15.1. The zero-order chi connectivity index (χ0) is 17.8. The molecule has 0 radical (unpaired) electrons. The number of carbonyl (C=O) groups is 1. The highest BCUT2D eigenvalue weighted by Crippen LogP contribution is 2.57. The summed E-state index contributed by atoms with van der Waals surface area (Å²) in [6.45, 7) is 4.49. The SMILES string of the molecule is CC1[C@H]2CC(Oc3ccc4cc(CN5CC(C(=O)O)C5)ccc4c3)C[C@@H]12. The van der Waals surface area contributed by atoms with Crippen LogP contribution in [0.3, 0.4) is 0 Å². The predicted molar refractivity (Wildman–Crippen MR) is 100 cm³/mol. The van der Waals surface area contributed by atoms with Gasteiger partial charge in [-0.3, -0.25) is 9.69 Å². The van der Waals surface area contributed by atoms with E-state index < -0.39 is 5.97 Å². The van der Waals surface area contributed by atoms with Crippen molar-refractivity contribution in [2.75, 3.05) is 13.1 Å². The highest BCUT2D eigenvalue weighted by molar-refractivity contribution is 5.84. The summed E-state index contributed by atoms with van der Waals surface area (Å²) in [5.41, 5.74) is 1.24. The van der Waals surface area contributed by atoms with Crippen LogP contribution in [0, 0.1) is 23.7 Å². The molecule has 2 aliphatic carbocycles. The molecule has 0 bridgehead atoms. The van der Waals surface area contributed by atoms with Crippen molar-refractivity contribution in [3.63, 3.8) is 0 Å². The first-order chi connectivity index (χ1) is 12.6. The van der Waals surface area contributed by atoms with E-state index in [9.17, 15) is 4.79 Å². The number of likely N-dealkylation sites (tertiary alicyclic amines) is 1. The summed E-state index contributed by atoms with van der Waals surface area (Å²) in [4.78, 5) is 13.1. The smallest absolute Gasteiger partial charge is 0.309 e. The molecule has 0 amide bonds. The van der Waals surface area contributed by atoms with Gasteiger partial charge in [0.2, 0.25) is 0 Å². The van der Waals surface area contributed by atoms with Gasteiger partial charge in [0.25, 0.3) is 0 Å². The third-order valence-electron chi connectivity index (χ3n) is 6.72. The molecule has 2 aromatic carbocycles. The van der Waals surface area contributed by atoms with E-state index in [1.807, 2.05) is 0 Å². The van der Waals surface area contributed by atoms with Crippen LogP contribution in [0.25, 0.3) is 10.8 Å². The minimum atomic E-state index is -0.679. The van der Waals surface area contributed by atoms with Crippen LogP contribution >= 0.6 is 0 Å². The molecular formula is C22H25NO3. The number of rotatable bonds is 5. The van der Waals surface area contributed by atoms with E-state index in [0.29, 0.717) is 19.2 Å². The lowest BCUT2D eigenvalue weighted by molar-refractivity contribution is -0.147. The van der Waals surface area contributed by atoms with Gasteiger partial charge in [-0.25, -0.2) is 0 Å². The monoisotopic (exact) mass is 351 g/mol. The van der Waals surface area contributed by atoms with Crippen LogP contribution in [0.15, 0.2) is 36.4 Å². The molecule has 5 rings (SSSR count). The van der Waals surface area contributed by atoms with Gasteiger partial charge in [-0.05, 0) is 65.1 Å². The molecule has 4 nitrogen and oxygen atoms in total. The van der Waals surface area contributed by atoms with Gasteiger partial charge in [-0.2, -0.15) is 0 Å². The summed E-state index contributed by atoms with van der Waals surface area (Å²) in [6.07, 6.45) is 2.83. The van der Waals surface area contributed by atoms with Crippen LogP contribution in [0.4, 0.5) is 0 Å². The molecule has 2 aromatic rings. The van der Waals surface area contributed by atoms with Gasteiger partial charge in [0.15, 0.2) is 0 Å². The van der Waals surface area contributed by atoms with E-state index in [2.05, 4.69) is 48.2 Å². The summed E-state index contributed by atoms with van der Waals surface area (Å²) in [5, 5.41) is 11.4. The first-order valence-corrected chi connectivity index (χ1v) is 9.71. The lowest BCUT2D eigenvalue weighted by atomic mass is 9.99. The first-order valence-electron chi connectivity index (χ1n) is 9.71. The Balaban J connectivity index is 1.23. The molecule has 3 aliphatic rings. The molecular weight excluding hydrogens is 326 g/mol. The van der Waals surface area contributed by atoms with Gasteiger partial charge in [-0.15, -0.1) is 0 Å². The van der Waals surface area contributed by atoms with Gasteiger partial charge in [0.1, 0.15) is 5.75 Å². The molecule has 0 spiro atoms. The van der Waals surface area contributed by atoms with E-state index in [0.717, 1.165) is 30.0 Å². The standard InChI is InChI=1S/C22H25NO3/c1-13-20-8-19(9-21(13)20)26-18-5-4-15-6-14(2-3-16(15)7-18)10-23-11-17(12-23)22(24)25/h2-7,13,17,19-21H,8-12H2,1H3,(H,24,25)/t13?,19?,20-,21+. The van der Waals surface area contributed by atoms with Gasteiger partial charge in [0, 0.05) is 19.6 Å². The Morgan fingerprint density at radius 3 is 2.54 bits per heavy atom. The second-order valence-electron chi connectivity index (χ2n) is 8.47. The molecule has 1 N–H and O–H groups in total. The van der Waals surface area contributed by atoms with Gasteiger partial charge >= 0.3 is 5.97 Å². The third kappa shape index (κ3) is 2.86. The second-order valence-corrected chi connectivity index (χ2v) is 8.47. The highest BCUT2D eigenvalue weighted by atomic mass is 16.5. The maximum atomic E-state index is 10.9. The lowest BCUT2D eigenvalue weighted by Crippen LogP contribution is -2.49. The van der Waals surface area contributed by atoms with Crippen molar-refractivity contribution in [1.29, 1.82) is 0 Å². The minimum absolute atomic E-state index is 0.195. The molecule has 1 heterocycles. The number of carboxylic acid groups (broad SMARTS) is 1. The largest absolute Gasteiger partial charge is 0.490 e. The number of benzene rings is 2. The zero-order valence-corrected chi connectivity index (χ0v) is 15.1. The molecule has 26 heavy (non-hydrogen) atoms. The maximum absolute atomic E-state index is 10.9. The Morgan fingerprint density at radius 1 is 1.12 bits per heavy atom. The third-order valence-corrected chi connectivity index (χ3v) is 6.72. The number of fused-ring (bicyclic) bond motifs is 2. The Hall–Kier alpha value is -2.07. The molecule has 4 heteroatoms. The summed E-state index contributed by atoms with van der Waals surface area (Å²) in [7, 11) is 0. The fraction of sp³-hybridized carbons (Fsp3) is 0.500. The van der Waals surface area contributed by atoms with Crippen LogP contribution in [0.2, 0.25) is 0 Å². The Labute approximate surface area is 153 Å². The Kier molecular flexibility index (Phi) is 3.71. The number of hydrogen-bond acceptors (Lipinski definition) is 3. The summed E-state index contributed by atoms with van der Waals surface area (Å²) in [5.74, 6) is 2.84. The average Bonchev–Trinajstić information content (AvgIpc) is 3.00. The predicted octanol–water partition coefficient (Wildman–Crippen LogP) is 3.78. The van der Waals surface area contributed by atoms with Crippen LogP contribution in [0.5, 0.6) is 5.75 Å². The van der Waals surface area contributed by atoms with Crippen LogP contribution < -0.4 is 4.74 Å². The first kappa shape index (κ1) is 16.1. The topological polar surface area (TPSA) is 49.8 Å². The molecule has 2 saturated carbocycles. The molecule has 136 valence electrons. The van der Waals surface area contributed by atoms with Crippen LogP contribution in [0.1, 0.15) is 25.3 Å². The van der Waals surface area contributed by atoms with Crippen molar-refractivity contribution in [3.8, 4) is 5.75 Å². The van der Waals surface area contributed by atoms with Crippen molar-refractivity contribution in [2.45, 2.75) is 32.4 Å². The molecule has 1 saturated heterocycles. The van der Waals surface area contributed by atoms with E-state index in [1.165, 1.54) is 29.2 Å². The van der Waals surface area contributed by atoms with E-state index in [-0.39, 0.29) is 5.92 Å². The molecule has 3 fully saturated rings. The highest BCUT2D eigenvalue weighted by Gasteiger charge is 2.53. The summed E-state index contributed by atoms with van der Waals surface area (Å²) in [6, 6.07) is 12.9. The van der Waals surface area contributed by atoms with Crippen LogP contribution in [-0.2, 0) is 11.3 Å². The van der Waals surface area contributed by atoms with E-state index >= 15 is 0 Å². The molecule has 1 aliphatic heterocycles. The van der Waals surface area contributed by atoms with Gasteiger partial charge < -0.3 is 9.84 Å². The fourth-order valence-corrected chi connectivity index (χ4v) is 4.97. The minimum Gasteiger partial charge on any atom is -0.490 e. The average molecular weight is 351 g/mol. The summed E-state index contributed by atoms with van der Waals surface area (Å²) >= 11 is 0. The van der Waals surface area contributed by atoms with Gasteiger partial charge in [0.05, 0.1) is 12.0 Å². The van der Waals surface area contributed by atoms with E-state index in [4.69, 9.17) is 9.84 Å². The fourth-order valence-electron chi connectivity index (χ4n) is 4.97. The quantitative estimate of drug-likeness (QED) is 0.891. The number of carboxylic acids is 1. The molecule has 4 atom stereocenters. The molecule has 0 aromatic heterocycles. The summed E-state index contributed by atoms with van der Waals surface area (Å²) < 4.78 is 6.22. The normalized spacial score (nSPS) is 30.8. The van der Waals surface area contributed by atoms with Gasteiger partial charge in [-0.1, -0.05) is 25.1 Å². The van der Waals surface area contributed by atoms with Crippen LogP contribution in [-0.4, -0.2) is 35.2 Å². The lowest BCUT2D eigenvalue weighted by Gasteiger charge is -2.36. The number of nitrogens with zero attached hydrogens (tertiary/aromatic N) is 1. The number of aliphatic carboxylic acids is 1. The second kappa shape index (κ2) is 5.98. The number of ether oxygens (including phenoxy) is 1.